The van der Waals surface area contributed by atoms with Gasteiger partial charge in [0.05, 0.1) is 18.3 Å². The van der Waals surface area contributed by atoms with Crippen LogP contribution in [0, 0.1) is 6.92 Å². The van der Waals surface area contributed by atoms with Crippen LogP contribution in [-0.2, 0) is 6.54 Å². The normalized spacial score (nSPS) is 10.8. The molecule has 100 valence electrons. The van der Waals surface area contributed by atoms with Crippen molar-refractivity contribution in [1.82, 2.24) is 9.78 Å². The molecule has 0 fully saturated rings. The maximum absolute atomic E-state index is 11.8. The fourth-order valence-corrected chi connectivity index (χ4v) is 2.32. The largest absolute Gasteiger partial charge is 0.399 e. The number of rotatable bonds is 2. The molecule has 0 saturated carbocycles. The van der Waals surface area contributed by atoms with Gasteiger partial charge in [0.2, 0.25) is 5.43 Å². The fraction of sp³-hybridized carbons (Fsp3) is 0.125. The third-order valence-electron chi connectivity index (χ3n) is 3.57. The van der Waals surface area contributed by atoms with E-state index < -0.39 is 0 Å². The summed E-state index contributed by atoms with van der Waals surface area (Å²) >= 11 is 0. The lowest BCUT2D eigenvalue weighted by Gasteiger charge is -2.12. The van der Waals surface area contributed by atoms with Gasteiger partial charge in [-0.1, -0.05) is 24.3 Å². The number of nitrogen functional groups attached to an aromatic ring is 1. The van der Waals surface area contributed by atoms with Crippen molar-refractivity contribution in [1.29, 1.82) is 0 Å². The van der Waals surface area contributed by atoms with Crippen LogP contribution in [-0.4, -0.2) is 9.78 Å². The minimum atomic E-state index is -0.0545. The summed E-state index contributed by atoms with van der Waals surface area (Å²) in [5.41, 5.74) is 9.64. The Balaban J connectivity index is 2.14. The molecule has 1 aromatic heterocycles. The van der Waals surface area contributed by atoms with E-state index in [9.17, 15) is 4.79 Å². The van der Waals surface area contributed by atoms with Gasteiger partial charge in [-0.05, 0) is 36.2 Å². The van der Waals surface area contributed by atoms with E-state index in [-0.39, 0.29) is 5.43 Å². The second-order valence-electron chi connectivity index (χ2n) is 4.81. The molecule has 0 atom stereocenters. The summed E-state index contributed by atoms with van der Waals surface area (Å²) in [7, 11) is 0. The molecule has 0 bridgehead atoms. The number of para-hydroxylation sites is 1. The molecule has 3 rings (SSSR count). The van der Waals surface area contributed by atoms with Crippen LogP contribution >= 0.6 is 0 Å². The second-order valence-corrected chi connectivity index (χ2v) is 4.81. The molecule has 1 heterocycles. The molecule has 0 saturated heterocycles. The Hall–Kier alpha value is -2.62. The average Bonchev–Trinajstić information content (AvgIpc) is 2.47. The average molecular weight is 265 g/mol. The van der Waals surface area contributed by atoms with E-state index in [4.69, 9.17) is 5.73 Å². The van der Waals surface area contributed by atoms with E-state index in [1.807, 2.05) is 54.1 Å². The van der Waals surface area contributed by atoms with Crippen molar-refractivity contribution in [2.75, 3.05) is 5.73 Å². The first-order chi connectivity index (χ1) is 9.66. The zero-order valence-electron chi connectivity index (χ0n) is 11.2. The van der Waals surface area contributed by atoms with Crippen molar-refractivity contribution < 1.29 is 0 Å². The van der Waals surface area contributed by atoms with Crippen LogP contribution in [0.1, 0.15) is 11.1 Å². The van der Waals surface area contributed by atoms with Gasteiger partial charge in [-0.3, -0.25) is 9.48 Å². The minimum Gasteiger partial charge on any atom is -0.399 e. The molecule has 3 aromatic rings. The van der Waals surface area contributed by atoms with Crippen LogP contribution in [0.25, 0.3) is 10.9 Å². The summed E-state index contributed by atoms with van der Waals surface area (Å²) in [6.45, 7) is 2.59. The van der Waals surface area contributed by atoms with Crippen molar-refractivity contribution >= 4 is 16.6 Å². The van der Waals surface area contributed by atoms with Crippen LogP contribution in [0.3, 0.4) is 0 Å². The van der Waals surface area contributed by atoms with Gasteiger partial charge in [0.15, 0.2) is 0 Å². The molecule has 4 nitrogen and oxygen atoms in total. The third-order valence-corrected chi connectivity index (χ3v) is 3.57. The van der Waals surface area contributed by atoms with Crippen LogP contribution < -0.4 is 11.2 Å². The van der Waals surface area contributed by atoms with Gasteiger partial charge in [-0.15, -0.1) is 0 Å². The summed E-state index contributed by atoms with van der Waals surface area (Å²) in [5, 5.41) is 4.92. The number of hydrogen-bond donors (Lipinski definition) is 1. The van der Waals surface area contributed by atoms with Crippen LogP contribution in [0.15, 0.2) is 53.5 Å². The summed E-state index contributed by atoms with van der Waals surface area (Å²) < 4.78 is 1.83. The van der Waals surface area contributed by atoms with Gasteiger partial charge >= 0.3 is 0 Å². The highest BCUT2D eigenvalue weighted by Crippen LogP contribution is 2.18. The van der Waals surface area contributed by atoms with Crippen molar-refractivity contribution in [3.8, 4) is 0 Å². The second kappa shape index (κ2) is 4.81. The molecular weight excluding hydrogens is 250 g/mol. The predicted molar refractivity (Wildman–Crippen MR) is 80.7 cm³/mol. The Bertz CT molecular complexity index is 836. The maximum Gasteiger partial charge on any atom is 0.207 e. The topological polar surface area (TPSA) is 60.9 Å². The van der Waals surface area contributed by atoms with Crippen molar-refractivity contribution in [2.24, 2.45) is 0 Å². The molecular formula is C16H15N3O. The van der Waals surface area contributed by atoms with Crippen molar-refractivity contribution in [2.45, 2.75) is 13.5 Å². The molecule has 0 aliphatic carbocycles. The SMILES string of the molecule is Cc1c(N)cccc1Cn1ncc(=O)c2ccccc21. The van der Waals surface area contributed by atoms with E-state index in [0.717, 1.165) is 22.3 Å². The van der Waals surface area contributed by atoms with E-state index in [0.29, 0.717) is 11.9 Å². The lowest BCUT2D eigenvalue weighted by Crippen LogP contribution is -2.13. The maximum atomic E-state index is 11.8. The number of nitrogens with two attached hydrogens (primary N) is 1. The van der Waals surface area contributed by atoms with Gasteiger partial charge in [0, 0.05) is 11.1 Å². The lowest BCUT2D eigenvalue weighted by molar-refractivity contribution is 0.692. The molecule has 0 spiro atoms. The van der Waals surface area contributed by atoms with E-state index in [1.165, 1.54) is 6.20 Å². The first-order valence-electron chi connectivity index (χ1n) is 6.45. The van der Waals surface area contributed by atoms with Gasteiger partial charge in [0.25, 0.3) is 0 Å². The van der Waals surface area contributed by atoms with E-state index in [1.54, 1.807) is 0 Å². The van der Waals surface area contributed by atoms with Crippen molar-refractivity contribution in [3.63, 3.8) is 0 Å². The first-order valence-corrected chi connectivity index (χ1v) is 6.45. The molecule has 4 heteroatoms. The van der Waals surface area contributed by atoms with E-state index >= 15 is 0 Å². The van der Waals surface area contributed by atoms with Gasteiger partial charge in [-0.25, -0.2) is 0 Å². The highest BCUT2D eigenvalue weighted by Gasteiger charge is 2.06. The smallest absolute Gasteiger partial charge is 0.207 e. The van der Waals surface area contributed by atoms with E-state index in [2.05, 4.69) is 5.10 Å². The Morgan fingerprint density at radius 3 is 2.80 bits per heavy atom. The van der Waals surface area contributed by atoms with Crippen LogP contribution in [0.4, 0.5) is 5.69 Å². The third kappa shape index (κ3) is 2.05. The minimum absolute atomic E-state index is 0.0545. The fourth-order valence-electron chi connectivity index (χ4n) is 2.32. The molecule has 2 N–H and O–H groups in total. The number of benzene rings is 2. The molecule has 0 amide bonds. The Morgan fingerprint density at radius 1 is 1.15 bits per heavy atom. The molecule has 0 radical (unpaired) electrons. The highest BCUT2D eigenvalue weighted by atomic mass is 16.1. The van der Waals surface area contributed by atoms with Crippen molar-refractivity contribution in [3.05, 3.63) is 70.0 Å². The quantitative estimate of drug-likeness (QED) is 0.723. The molecule has 0 aliphatic rings. The molecule has 2 aromatic carbocycles. The number of hydrogen-bond acceptors (Lipinski definition) is 3. The highest BCUT2D eigenvalue weighted by molar-refractivity contribution is 5.78. The predicted octanol–water partition coefficient (Wildman–Crippen LogP) is 2.34. The first kappa shape index (κ1) is 12.4. The lowest BCUT2D eigenvalue weighted by atomic mass is 10.1. The van der Waals surface area contributed by atoms with Crippen LogP contribution in [0.5, 0.6) is 0 Å². The van der Waals surface area contributed by atoms with Gasteiger partial charge in [0.1, 0.15) is 0 Å². The standard InChI is InChI=1S/C16H15N3O/c1-11-12(5-4-7-14(11)17)10-19-15-8-3-2-6-13(15)16(20)9-18-19/h2-9H,10,17H2,1H3. The monoisotopic (exact) mass is 265 g/mol. The Morgan fingerprint density at radius 2 is 1.95 bits per heavy atom. The Kier molecular flexibility index (Phi) is 2.99. The number of nitrogens with zero attached hydrogens (tertiary/aromatic N) is 2. The number of anilines is 1. The zero-order chi connectivity index (χ0) is 14.1. The summed E-state index contributed by atoms with van der Waals surface area (Å²) in [6.07, 6.45) is 1.37. The summed E-state index contributed by atoms with van der Waals surface area (Å²) in [4.78, 5) is 11.8. The van der Waals surface area contributed by atoms with Crippen LogP contribution in [0.2, 0.25) is 0 Å². The Labute approximate surface area is 116 Å². The summed E-state index contributed by atoms with van der Waals surface area (Å²) in [6, 6.07) is 13.3. The zero-order valence-corrected chi connectivity index (χ0v) is 11.2. The number of aromatic nitrogens is 2. The van der Waals surface area contributed by atoms with Gasteiger partial charge in [-0.2, -0.15) is 5.10 Å². The number of fused-ring (bicyclic) bond motifs is 1. The molecule has 0 unspecified atom stereocenters. The molecule has 0 aliphatic heterocycles. The summed E-state index contributed by atoms with van der Waals surface area (Å²) in [5.74, 6) is 0. The van der Waals surface area contributed by atoms with Gasteiger partial charge < -0.3 is 5.73 Å². The molecule has 20 heavy (non-hydrogen) atoms.